The summed E-state index contributed by atoms with van der Waals surface area (Å²) in [4.78, 5) is 4.56. The molecule has 0 aliphatic carbocycles. The predicted molar refractivity (Wildman–Crippen MR) is 91.4 cm³/mol. The molecule has 1 aromatic heterocycles. The average molecular weight is 332 g/mol. The van der Waals surface area contributed by atoms with Gasteiger partial charge in [0.1, 0.15) is 5.82 Å². The summed E-state index contributed by atoms with van der Waals surface area (Å²) in [6, 6.07) is 6.32. The minimum absolute atomic E-state index is 0.240. The second-order valence-electron chi connectivity index (χ2n) is 6.93. The van der Waals surface area contributed by atoms with Gasteiger partial charge in [-0.2, -0.15) is 5.10 Å². The van der Waals surface area contributed by atoms with E-state index in [0.717, 1.165) is 37.4 Å². The van der Waals surface area contributed by atoms with Crippen LogP contribution in [0.5, 0.6) is 0 Å². The van der Waals surface area contributed by atoms with E-state index in [1.54, 1.807) is 16.8 Å². The van der Waals surface area contributed by atoms with E-state index in [1.165, 1.54) is 12.1 Å². The fraction of sp³-hybridized carbons (Fsp3) is 0.500. The van der Waals surface area contributed by atoms with E-state index in [-0.39, 0.29) is 12.4 Å². The number of halogens is 1. The average Bonchev–Trinajstić information content (AvgIpc) is 3.15. The van der Waals surface area contributed by atoms with Crippen molar-refractivity contribution in [3.63, 3.8) is 0 Å². The Balaban J connectivity index is 1.63. The summed E-state index contributed by atoms with van der Waals surface area (Å²) in [6.07, 6.45) is 3.84. The standard InChI is InChI=1S/C18H25FN4O/c1-21(2)10-15-11-22(12-16(15)13-24)8-14-7-20-23(9-14)18-5-3-17(19)4-6-18/h3-7,9,15-16,24H,8,10-13H2,1-2H3/t15-,16-/m1/s1. The number of nitrogens with zero attached hydrogens (tertiary/aromatic N) is 4. The molecule has 2 heterocycles. The molecular formula is C18H25FN4O. The SMILES string of the molecule is CN(C)C[C@@H]1CN(Cc2cnn(-c3ccc(F)cc3)c2)C[C@@H]1CO. The fourth-order valence-electron chi connectivity index (χ4n) is 3.48. The topological polar surface area (TPSA) is 44.5 Å². The highest BCUT2D eigenvalue weighted by atomic mass is 19.1. The first-order chi connectivity index (χ1) is 11.5. The third kappa shape index (κ3) is 4.01. The van der Waals surface area contributed by atoms with Crippen LogP contribution in [0.1, 0.15) is 5.56 Å². The number of hydrogen-bond acceptors (Lipinski definition) is 4. The second kappa shape index (κ2) is 7.42. The minimum Gasteiger partial charge on any atom is -0.396 e. The van der Waals surface area contributed by atoms with Gasteiger partial charge in [-0.25, -0.2) is 9.07 Å². The van der Waals surface area contributed by atoms with Gasteiger partial charge in [-0.1, -0.05) is 0 Å². The molecule has 1 aliphatic rings. The number of benzene rings is 1. The van der Waals surface area contributed by atoms with Crippen LogP contribution in [0.15, 0.2) is 36.7 Å². The minimum atomic E-state index is -0.245. The van der Waals surface area contributed by atoms with Crippen LogP contribution in [-0.4, -0.2) is 65.0 Å². The maximum atomic E-state index is 13.0. The van der Waals surface area contributed by atoms with Crippen molar-refractivity contribution in [1.82, 2.24) is 19.6 Å². The monoisotopic (exact) mass is 332 g/mol. The lowest BCUT2D eigenvalue weighted by Crippen LogP contribution is -2.28. The van der Waals surface area contributed by atoms with Crippen molar-refractivity contribution >= 4 is 0 Å². The van der Waals surface area contributed by atoms with Crippen molar-refractivity contribution in [2.45, 2.75) is 6.54 Å². The van der Waals surface area contributed by atoms with Crippen LogP contribution < -0.4 is 0 Å². The molecule has 0 amide bonds. The lowest BCUT2D eigenvalue weighted by atomic mass is 9.97. The van der Waals surface area contributed by atoms with Crippen LogP contribution in [0.3, 0.4) is 0 Å². The number of rotatable bonds is 6. The number of likely N-dealkylation sites (tertiary alicyclic amines) is 1. The van der Waals surface area contributed by atoms with Crippen molar-refractivity contribution in [3.05, 3.63) is 48.0 Å². The van der Waals surface area contributed by atoms with Crippen molar-refractivity contribution in [3.8, 4) is 5.69 Å². The summed E-state index contributed by atoms with van der Waals surface area (Å²) in [6.45, 7) is 3.96. The molecule has 2 atom stereocenters. The van der Waals surface area contributed by atoms with Gasteiger partial charge in [0.25, 0.3) is 0 Å². The summed E-state index contributed by atoms with van der Waals surface area (Å²) >= 11 is 0. The van der Waals surface area contributed by atoms with Crippen LogP contribution in [0.2, 0.25) is 0 Å². The highest BCUT2D eigenvalue weighted by Crippen LogP contribution is 2.25. The number of hydrogen-bond donors (Lipinski definition) is 1. The van der Waals surface area contributed by atoms with Crippen LogP contribution in [0.4, 0.5) is 4.39 Å². The van der Waals surface area contributed by atoms with Crippen molar-refractivity contribution in [2.75, 3.05) is 40.3 Å². The molecule has 0 unspecified atom stereocenters. The molecule has 1 N–H and O–H groups in total. The van der Waals surface area contributed by atoms with Gasteiger partial charge >= 0.3 is 0 Å². The Kier molecular flexibility index (Phi) is 5.28. The van der Waals surface area contributed by atoms with E-state index in [1.807, 2.05) is 12.4 Å². The number of aliphatic hydroxyl groups excluding tert-OH is 1. The third-order valence-corrected chi connectivity index (χ3v) is 4.62. The molecule has 1 aromatic carbocycles. The van der Waals surface area contributed by atoms with Gasteiger partial charge in [0.2, 0.25) is 0 Å². The second-order valence-corrected chi connectivity index (χ2v) is 6.93. The maximum absolute atomic E-state index is 13.0. The normalized spacial score (nSPS) is 21.7. The summed E-state index contributed by atoms with van der Waals surface area (Å²) < 4.78 is 14.8. The van der Waals surface area contributed by atoms with Crippen LogP contribution in [0, 0.1) is 17.7 Å². The van der Waals surface area contributed by atoms with Crippen LogP contribution in [0.25, 0.3) is 5.69 Å². The van der Waals surface area contributed by atoms with Gasteiger partial charge in [-0.05, 0) is 50.2 Å². The van der Waals surface area contributed by atoms with E-state index >= 15 is 0 Å². The molecule has 2 aromatic rings. The van der Waals surface area contributed by atoms with Crippen molar-refractivity contribution < 1.29 is 9.50 Å². The first-order valence-electron chi connectivity index (χ1n) is 8.32. The molecule has 1 fully saturated rings. The Bertz CT molecular complexity index is 655. The maximum Gasteiger partial charge on any atom is 0.123 e. The molecule has 1 aliphatic heterocycles. The quantitative estimate of drug-likeness (QED) is 0.873. The molecule has 0 radical (unpaired) electrons. The Morgan fingerprint density at radius 3 is 2.58 bits per heavy atom. The molecule has 24 heavy (non-hydrogen) atoms. The van der Waals surface area contributed by atoms with Gasteiger partial charge in [-0.3, -0.25) is 4.90 Å². The Morgan fingerprint density at radius 2 is 1.92 bits per heavy atom. The summed E-state index contributed by atoms with van der Waals surface area (Å²) in [7, 11) is 4.15. The zero-order chi connectivity index (χ0) is 17.1. The fourth-order valence-corrected chi connectivity index (χ4v) is 3.48. The zero-order valence-corrected chi connectivity index (χ0v) is 14.3. The molecule has 130 valence electrons. The molecule has 6 heteroatoms. The zero-order valence-electron chi connectivity index (χ0n) is 14.3. The number of aliphatic hydroxyl groups is 1. The first kappa shape index (κ1) is 17.1. The molecule has 1 saturated heterocycles. The van der Waals surface area contributed by atoms with Crippen LogP contribution >= 0.6 is 0 Å². The van der Waals surface area contributed by atoms with Gasteiger partial charge in [0.15, 0.2) is 0 Å². The van der Waals surface area contributed by atoms with E-state index in [9.17, 15) is 9.50 Å². The lowest BCUT2D eigenvalue weighted by Gasteiger charge is -2.20. The van der Waals surface area contributed by atoms with Crippen LogP contribution in [-0.2, 0) is 6.54 Å². The van der Waals surface area contributed by atoms with Gasteiger partial charge in [0.05, 0.1) is 11.9 Å². The van der Waals surface area contributed by atoms with Gasteiger partial charge in [0, 0.05) is 44.5 Å². The van der Waals surface area contributed by atoms with E-state index in [4.69, 9.17) is 0 Å². The predicted octanol–water partition coefficient (Wildman–Crippen LogP) is 1.61. The molecule has 5 nitrogen and oxygen atoms in total. The number of aromatic nitrogens is 2. The lowest BCUT2D eigenvalue weighted by molar-refractivity contribution is 0.183. The smallest absolute Gasteiger partial charge is 0.123 e. The van der Waals surface area contributed by atoms with E-state index in [2.05, 4.69) is 29.0 Å². The van der Waals surface area contributed by atoms with E-state index < -0.39 is 0 Å². The van der Waals surface area contributed by atoms with Crippen molar-refractivity contribution in [2.24, 2.45) is 11.8 Å². The highest BCUT2D eigenvalue weighted by Gasteiger charge is 2.32. The molecule has 0 bridgehead atoms. The highest BCUT2D eigenvalue weighted by molar-refractivity contribution is 5.31. The Hall–Kier alpha value is -1.76. The summed E-state index contributed by atoms with van der Waals surface area (Å²) in [5.74, 6) is 0.585. The summed E-state index contributed by atoms with van der Waals surface area (Å²) in [5.41, 5.74) is 1.98. The molecule has 0 spiro atoms. The molecular weight excluding hydrogens is 307 g/mol. The van der Waals surface area contributed by atoms with Crippen molar-refractivity contribution in [1.29, 1.82) is 0 Å². The Labute approximate surface area is 142 Å². The summed E-state index contributed by atoms with van der Waals surface area (Å²) in [5, 5.41) is 14.0. The largest absolute Gasteiger partial charge is 0.396 e. The molecule has 3 rings (SSSR count). The third-order valence-electron chi connectivity index (χ3n) is 4.62. The van der Waals surface area contributed by atoms with Gasteiger partial charge in [-0.15, -0.1) is 0 Å². The van der Waals surface area contributed by atoms with Gasteiger partial charge < -0.3 is 10.0 Å². The first-order valence-corrected chi connectivity index (χ1v) is 8.32. The molecule has 0 saturated carbocycles. The Morgan fingerprint density at radius 1 is 1.21 bits per heavy atom. The van der Waals surface area contributed by atoms with E-state index in [0.29, 0.717) is 11.8 Å².